The Balaban J connectivity index is 4.05. The number of nitrogens with one attached hydrogen (secondary N) is 1. The van der Waals surface area contributed by atoms with E-state index in [-0.39, 0.29) is 11.9 Å². The predicted molar refractivity (Wildman–Crippen MR) is 98.3 cm³/mol. The van der Waals surface area contributed by atoms with Crippen LogP contribution < -0.4 is 5.32 Å². The van der Waals surface area contributed by atoms with Crippen molar-refractivity contribution in [3.05, 3.63) is 11.0 Å². The van der Waals surface area contributed by atoms with Gasteiger partial charge in [0, 0.05) is 6.54 Å². The van der Waals surface area contributed by atoms with Gasteiger partial charge in [0.05, 0.1) is 13.0 Å². The summed E-state index contributed by atoms with van der Waals surface area (Å²) in [6.07, 6.45) is 9.76. The van der Waals surface area contributed by atoms with E-state index in [9.17, 15) is 9.59 Å². The lowest BCUT2D eigenvalue weighted by Crippen LogP contribution is -2.27. The van der Waals surface area contributed by atoms with Crippen molar-refractivity contribution in [2.75, 3.05) is 19.7 Å². The van der Waals surface area contributed by atoms with Gasteiger partial charge in [-0.2, -0.15) is 0 Å². The Morgan fingerprint density at radius 1 is 1.29 bits per heavy atom. The number of unbranched alkanes of at least 4 members (excludes halogenated alkanes) is 1. The number of thioether (sulfide) groups is 1. The van der Waals surface area contributed by atoms with Gasteiger partial charge in [0.1, 0.15) is 10.5 Å². The lowest BCUT2D eigenvalue weighted by Gasteiger charge is -2.19. The van der Waals surface area contributed by atoms with Crippen molar-refractivity contribution in [1.82, 2.24) is 5.32 Å². The molecule has 136 valence electrons. The molecular formula is C18H29NO4S. The second-order valence-electron chi connectivity index (χ2n) is 6.15. The van der Waals surface area contributed by atoms with Crippen molar-refractivity contribution >= 4 is 23.7 Å². The molecule has 1 N–H and O–H groups in total. The van der Waals surface area contributed by atoms with E-state index < -0.39 is 5.60 Å². The van der Waals surface area contributed by atoms with Gasteiger partial charge in [0.15, 0.2) is 0 Å². The van der Waals surface area contributed by atoms with E-state index in [1.807, 2.05) is 27.7 Å². The van der Waals surface area contributed by atoms with Crippen LogP contribution in [0.4, 0.5) is 0 Å². The van der Waals surface area contributed by atoms with E-state index in [2.05, 4.69) is 10.6 Å². The quantitative estimate of drug-likeness (QED) is 0.266. The maximum absolute atomic E-state index is 11.9. The zero-order valence-corrected chi connectivity index (χ0v) is 16.0. The molecule has 0 unspecified atom stereocenters. The number of rotatable bonds is 11. The molecule has 0 saturated heterocycles. The Morgan fingerprint density at radius 2 is 2.00 bits per heavy atom. The van der Waals surface area contributed by atoms with Crippen LogP contribution >= 0.6 is 11.8 Å². The van der Waals surface area contributed by atoms with Crippen molar-refractivity contribution < 1.29 is 19.1 Å². The summed E-state index contributed by atoms with van der Waals surface area (Å²) in [6.45, 7) is 9.13. The molecule has 0 aliphatic carbocycles. The van der Waals surface area contributed by atoms with Crippen molar-refractivity contribution in [2.45, 2.75) is 59.0 Å². The zero-order chi connectivity index (χ0) is 18.4. The fourth-order valence-electron chi connectivity index (χ4n) is 1.62. The first-order valence-electron chi connectivity index (χ1n) is 8.22. The molecule has 0 saturated carbocycles. The summed E-state index contributed by atoms with van der Waals surface area (Å²) < 4.78 is 10.4. The van der Waals surface area contributed by atoms with Crippen molar-refractivity contribution in [2.24, 2.45) is 0 Å². The summed E-state index contributed by atoms with van der Waals surface area (Å²) in [5.74, 6) is -0.603. The van der Waals surface area contributed by atoms with Crippen molar-refractivity contribution in [1.29, 1.82) is 0 Å². The smallest absolute Gasteiger partial charge is 0.345 e. The van der Waals surface area contributed by atoms with Gasteiger partial charge in [-0.05, 0) is 57.2 Å². The van der Waals surface area contributed by atoms with Crippen molar-refractivity contribution in [3.63, 3.8) is 0 Å². The standard InChI is InChI=1S/C18H29NO4S/c1-6-8-14-22-17(21)15(24-7-2)10-9-12-19-13-11-16(20)23-18(3,4)5/h2,10,19H,6,8-9,11-14H2,1,3-5H3/b15-10-. The summed E-state index contributed by atoms with van der Waals surface area (Å²) in [6, 6.07) is 0. The normalized spacial score (nSPS) is 11.7. The molecule has 0 atom stereocenters. The van der Waals surface area contributed by atoms with E-state index in [0.717, 1.165) is 24.6 Å². The molecule has 0 aromatic heterocycles. The molecule has 0 radical (unpaired) electrons. The van der Waals surface area contributed by atoms with Gasteiger partial charge in [-0.1, -0.05) is 19.4 Å². The van der Waals surface area contributed by atoms with Gasteiger partial charge < -0.3 is 14.8 Å². The zero-order valence-electron chi connectivity index (χ0n) is 15.1. The average molecular weight is 356 g/mol. The van der Waals surface area contributed by atoms with Crippen molar-refractivity contribution in [3.8, 4) is 11.7 Å². The lowest BCUT2D eigenvalue weighted by molar-refractivity contribution is -0.154. The van der Waals surface area contributed by atoms with Gasteiger partial charge in [0.2, 0.25) is 0 Å². The molecular weight excluding hydrogens is 326 g/mol. The molecule has 0 fully saturated rings. The molecule has 0 aromatic carbocycles. The molecule has 24 heavy (non-hydrogen) atoms. The van der Waals surface area contributed by atoms with Crippen LogP contribution in [0.1, 0.15) is 53.4 Å². The highest BCUT2D eigenvalue weighted by molar-refractivity contribution is 8.08. The Morgan fingerprint density at radius 3 is 2.58 bits per heavy atom. The molecule has 0 bridgehead atoms. The van der Waals surface area contributed by atoms with E-state index in [4.69, 9.17) is 15.9 Å². The van der Waals surface area contributed by atoms with Crippen LogP contribution in [0, 0.1) is 11.7 Å². The first-order valence-corrected chi connectivity index (χ1v) is 9.04. The number of ether oxygens (including phenoxy) is 2. The maximum Gasteiger partial charge on any atom is 0.345 e. The molecule has 0 aliphatic heterocycles. The third-order valence-corrected chi connectivity index (χ3v) is 3.35. The highest BCUT2D eigenvalue weighted by atomic mass is 32.2. The number of carbonyl (C=O) groups is 2. The minimum atomic E-state index is -0.459. The Bertz CT molecular complexity index is 461. The van der Waals surface area contributed by atoms with Crippen LogP contribution in [0.25, 0.3) is 0 Å². The Hall–Kier alpha value is -1.45. The average Bonchev–Trinajstić information content (AvgIpc) is 2.47. The van der Waals surface area contributed by atoms with E-state index in [0.29, 0.717) is 37.4 Å². The highest BCUT2D eigenvalue weighted by Gasteiger charge is 2.15. The minimum Gasteiger partial charge on any atom is -0.462 e. The monoisotopic (exact) mass is 355 g/mol. The molecule has 0 rings (SSSR count). The lowest BCUT2D eigenvalue weighted by atomic mass is 10.2. The van der Waals surface area contributed by atoms with E-state index in [1.165, 1.54) is 0 Å². The molecule has 0 aliphatic rings. The summed E-state index contributed by atoms with van der Waals surface area (Å²) in [5, 5.41) is 5.53. The minimum absolute atomic E-state index is 0.228. The second kappa shape index (κ2) is 12.9. The van der Waals surface area contributed by atoms with Crippen LogP contribution in [0.5, 0.6) is 0 Å². The van der Waals surface area contributed by atoms with Gasteiger partial charge in [0.25, 0.3) is 0 Å². The molecule has 0 heterocycles. The highest BCUT2D eigenvalue weighted by Crippen LogP contribution is 2.16. The molecule has 0 spiro atoms. The first-order chi connectivity index (χ1) is 11.3. The van der Waals surface area contributed by atoms with Crippen LogP contribution in [0.15, 0.2) is 11.0 Å². The van der Waals surface area contributed by atoms with Crippen LogP contribution in [-0.2, 0) is 19.1 Å². The number of carbonyl (C=O) groups excluding carboxylic acids is 2. The van der Waals surface area contributed by atoms with E-state index >= 15 is 0 Å². The van der Waals surface area contributed by atoms with Crippen LogP contribution in [0.2, 0.25) is 0 Å². The maximum atomic E-state index is 11.9. The predicted octanol–water partition coefficient (Wildman–Crippen LogP) is 3.25. The Labute approximate surface area is 149 Å². The summed E-state index contributed by atoms with van der Waals surface area (Å²) >= 11 is 1.03. The third-order valence-electron chi connectivity index (χ3n) is 2.68. The summed E-state index contributed by atoms with van der Waals surface area (Å²) in [7, 11) is 0. The number of esters is 2. The Kier molecular flexibility index (Phi) is 12.1. The van der Waals surface area contributed by atoms with Gasteiger partial charge in [-0.25, -0.2) is 4.79 Å². The first kappa shape index (κ1) is 22.6. The van der Waals surface area contributed by atoms with Gasteiger partial charge >= 0.3 is 11.9 Å². The van der Waals surface area contributed by atoms with E-state index in [1.54, 1.807) is 6.08 Å². The molecule has 0 amide bonds. The molecule has 6 heteroatoms. The molecule has 0 aromatic rings. The SMILES string of the molecule is C#CS/C(=C\CCNCCC(=O)OC(C)(C)C)C(=O)OCCCC. The van der Waals surface area contributed by atoms with Gasteiger partial charge in [-0.3, -0.25) is 4.79 Å². The number of hydrogen-bond donors (Lipinski definition) is 1. The molecule has 5 nitrogen and oxygen atoms in total. The fraction of sp³-hybridized carbons (Fsp3) is 0.667. The second-order valence-corrected chi connectivity index (χ2v) is 7.03. The van der Waals surface area contributed by atoms with Crippen LogP contribution in [0.3, 0.4) is 0 Å². The number of hydrogen-bond acceptors (Lipinski definition) is 6. The largest absolute Gasteiger partial charge is 0.462 e. The summed E-state index contributed by atoms with van der Waals surface area (Å²) in [4.78, 5) is 23.8. The fourth-order valence-corrected chi connectivity index (χ4v) is 2.09. The van der Waals surface area contributed by atoms with Crippen LogP contribution in [-0.4, -0.2) is 37.2 Å². The number of terminal acetylenes is 1. The van der Waals surface area contributed by atoms with Gasteiger partial charge in [-0.15, -0.1) is 6.42 Å². The summed E-state index contributed by atoms with van der Waals surface area (Å²) in [5.41, 5.74) is -0.459. The third kappa shape index (κ3) is 13.0. The topological polar surface area (TPSA) is 64.6 Å².